The smallest absolute Gasteiger partial charge is 0.338 e. The summed E-state index contributed by atoms with van der Waals surface area (Å²) in [6, 6.07) is 5.57. The molecule has 2 aromatic rings. The Labute approximate surface area is 153 Å². The molecule has 0 bridgehead atoms. The zero-order valence-electron chi connectivity index (χ0n) is 14.7. The number of rotatable bonds is 6. The van der Waals surface area contributed by atoms with Crippen molar-refractivity contribution in [2.45, 2.75) is 37.5 Å². The summed E-state index contributed by atoms with van der Waals surface area (Å²) in [5.74, 6) is -3.72. The summed E-state index contributed by atoms with van der Waals surface area (Å²) in [4.78, 5) is 24.7. The van der Waals surface area contributed by atoms with Crippen LogP contribution in [0.2, 0.25) is 0 Å². The number of carbonyl (C=O) groups is 2. The average Bonchev–Trinajstić information content (AvgIpc) is 2.81. The number of alkyl halides is 2. The van der Waals surface area contributed by atoms with E-state index in [0.717, 1.165) is 5.69 Å². The molecule has 0 aliphatic rings. The maximum atomic E-state index is 12.3. The van der Waals surface area contributed by atoms with E-state index in [2.05, 4.69) is 10.4 Å². The summed E-state index contributed by atoms with van der Waals surface area (Å²) >= 11 is 0.386. The zero-order valence-corrected chi connectivity index (χ0v) is 15.6. The molecule has 1 unspecified atom stereocenters. The first-order valence-electron chi connectivity index (χ1n) is 7.76. The summed E-state index contributed by atoms with van der Waals surface area (Å²) in [7, 11) is 1.76. The van der Waals surface area contributed by atoms with Crippen LogP contribution in [-0.4, -0.2) is 33.5 Å². The molecule has 1 atom stereocenters. The van der Waals surface area contributed by atoms with Gasteiger partial charge in [-0.15, -0.1) is 0 Å². The molecule has 0 spiro atoms. The third-order valence-corrected chi connectivity index (χ3v) is 4.45. The number of carbonyl (C=O) groups excluding carboxylic acids is 2. The normalized spacial score (nSPS) is 12.1. The molecule has 0 radical (unpaired) electrons. The Kier molecular flexibility index (Phi) is 6.36. The summed E-state index contributed by atoms with van der Waals surface area (Å²) < 4.78 is 31.4. The molecule has 1 aromatic carbocycles. The maximum absolute atomic E-state index is 12.3. The van der Waals surface area contributed by atoms with E-state index in [0.29, 0.717) is 28.0 Å². The monoisotopic (exact) mass is 383 g/mol. The van der Waals surface area contributed by atoms with E-state index < -0.39 is 23.7 Å². The van der Waals surface area contributed by atoms with Gasteiger partial charge in [0.1, 0.15) is 0 Å². The molecule has 140 valence electrons. The van der Waals surface area contributed by atoms with Gasteiger partial charge >= 0.3 is 5.97 Å². The second-order valence-corrected chi connectivity index (χ2v) is 6.67. The van der Waals surface area contributed by atoms with Gasteiger partial charge in [0.05, 0.1) is 22.6 Å². The molecule has 0 aliphatic heterocycles. The van der Waals surface area contributed by atoms with E-state index in [1.54, 1.807) is 18.7 Å². The first kappa shape index (κ1) is 19.9. The van der Waals surface area contributed by atoms with Crippen LogP contribution in [0.5, 0.6) is 0 Å². The molecule has 1 N–H and O–H groups in total. The number of halogens is 2. The van der Waals surface area contributed by atoms with E-state index in [4.69, 9.17) is 4.74 Å². The number of nitrogens with zero attached hydrogens (tertiary/aromatic N) is 2. The van der Waals surface area contributed by atoms with Crippen molar-refractivity contribution in [1.29, 1.82) is 0 Å². The lowest BCUT2D eigenvalue weighted by Crippen LogP contribution is -2.30. The fourth-order valence-corrected chi connectivity index (χ4v) is 2.73. The Morgan fingerprint density at radius 1 is 1.23 bits per heavy atom. The molecule has 0 saturated heterocycles. The lowest BCUT2D eigenvalue weighted by atomic mass is 10.2. The first-order valence-corrected chi connectivity index (χ1v) is 8.64. The highest BCUT2D eigenvalue weighted by molar-refractivity contribution is 7.99. The summed E-state index contributed by atoms with van der Waals surface area (Å²) in [6.45, 7) is 5.03. The second kappa shape index (κ2) is 8.31. The SMILES string of the molecule is Cc1nn(C)c(C)c1NC(=O)C(C)OC(=O)c1ccc(SC(F)F)cc1. The van der Waals surface area contributed by atoms with Gasteiger partial charge in [-0.1, -0.05) is 11.8 Å². The fraction of sp³-hybridized carbons (Fsp3) is 0.353. The number of ether oxygens (including phenoxy) is 1. The van der Waals surface area contributed by atoms with Crippen LogP contribution in [0.1, 0.15) is 28.7 Å². The summed E-state index contributed by atoms with van der Waals surface area (Å²) in [6.07, 6.45) is -1.03. The summed E-state index contributed by atoms with van der Waals surface area (Å²) in [5.41, 5.74) is 2.19. The largest absolute Gasteiger partial charge is 0.449 e. The van der Waals surface area contributed by atoms with Crippen LogP contribution in [0.3, 0.4) is 0 Å². The first-order chi connectivity index (χ1) is 12.2. The van der Waals surface area contributed by atoms with Crippen LogP contribution >= 0.6 is 11.8 Å². The van der Waals surface area contributed by atoms with Gasteiger partial charge in [0.25, 0.3) is 11.7 Å². The molecular weight excluding hydrogens is 364 g/mol. The zero-order chi connectivity index (χ0) is 19.4. The van der Waals surface area contributed by atoms with Gasteiger partial charge in [0.2, 0.25) is 0 Å². The van der Waals surface area contributed by atoms with Gasteiger partial charge in [-0.2, -0.15) is 13.9 Å². The topological polar surface area (TPSA) is 73.2 Å². The Hall–Kier alpha value is -2.42. The highest BCUT2D eigenvalue weighted by Crippen LogP contribution is 2.25. The molecule has 26 heavy (non-hydrogen) atoms. The highest BCUT2D eigenvalue weighted by Gasteiger charge is 2.21. The minimum atomic E-state index is -2.53. The predicted molar refractivity (Wildman–Crippen MR) is 94.5 cm³/mol. The van der Waals surface area contributed by atoms with Crippen molar-refractivity contribution in [3.8, 4) is 0 Å². The lowest BCUT2D eigenvalue weighted by Gasteiger charge is -2.14. The predicted octanol–water partition coefficient (Wildman–Crippen LogP) is 3.54. The van der Waals surface area contributed by atoms with E-state index in [1.165, 1.54) is 31.2 Å². The molecule has 6 nitrogen and oxygen atoms in total. The number of aromatic nitrogens is 2. The standard InChI is InChI=1S/C17H19F2N3O3S/c1-9-14(10(2)22(4)21-9)20-15(23)11(3)25-16(24)12-5-7-13(8-6-12)26-17(18)19/h5-8,11,17H,1-4H3,(H,20,23). The van der Waals surface area contributed by atoms with E-state index >= 15 is 0 Å². The Balaban J connectivity index is 1.98. The van der Waals surface area contributed by atoms with Gasteiger partial charge in [-0.25, -0.2) is 4.79 Å². The number of nitrogens with one attached hydrogen (secondary N) is 1. The van der Waals surface area contributed by atoms with Gasteiger partial charge in [-0.3, -0.25) is 9.48 Å². The van der Waals surface area contributed by atoms with E-state index in [-0.39, 0.29) is 5.56 Å². The Bertz CT molecular complexity index is 806. The van der Waals surface area contributed by atoms with Crippen molar-refractivity contribution in [3.63, 3.8) is 0 Å². The van der Waals surface area contributed by atoms with Crippen molar-refractivity contribution in [2.75, 3.05) is 5.32 Å². The van der Waals surface area contributed by atoms with Crippen molar-refractivity contribution in [1.82, 2.24) is 9.78 Å². The van der Waals surface area contributed by atoms with Crippen molar-refractivity contribution in [2.24, 2.45) is 7.05 Å². The highest BCUT2D eigenvalue weighted by atomic mass is 32.2. The van der Waals surface area contributed by atoms with Gasteiger partial charge in [0.15, 0.2) is 6.10 Å². The second-order valence-electron chi connectivity index (χ2n) is 5.61. The third-order valence-electron chi connectivity index (χ3n) is 3.73. The van der Waals surface area contributed by atoms with Crippen molar-refractivity contribution < 1.29 is 23.1 Å². The van der Waals surface area contributed by atoms with Crippen LogP contribution < -0.4 is 5.32 Å². The van der Waals surface area contributed by atoms with E-state index in [9.17, 15) is 18.4 Å². The van der Waals surface area contributed by atoms with Gasteiger partial charge in [-0.05, 0) is 45.0 Å². The van der Waals surface area contributed by atoms with Crippen molar-refractivity contribution >= 4 is 29.3 Å². The number of aryl methyl sites for hydroxylation is 2. The number of hydrogen-bond acceptors (Lipinski definition) is 5. The Morgan fingerprint density at radius 3 is 2.35 bits per heavy atom. The van der Waals surface area contributed by atoms with Gasteiger partial charge in [0, 0.05) is 11.9 Å². The number of amides is 1. The average molecular weight is 383 g/mol. The molecule has 1 aromatic heterocycles. The summed E-state index contributed by atoms with van der Waals surface area (Å²) in [5, 5.41) is 6.90. The van der Waals surface area contributed by atoms with Crippen LogP contribution in [0.4, 0.5) is 14.5 Å². The van der Waals surface area contributed by atoms with Gasteiger partial charge < -0.3 is 10.1 Å². The molecule has 0 fully saturated rings. The molecule has 1 amide bonds. The maximum Gasteiger partial charge on any atom is 0.338 e. The number of anilines is 1. The number of benzene rings is 1. The van der Waals surface area contributed by atoms with Crippen LogP contribution in [0.15, 0.2) is 29.2 Å². The minimum absolute atomic E-state index is 0.178. The minimum Gasteiger partial charge on any atom is -0.449 e. The lowest BCUT2D eigenvalue weighted by molar-refractivity contribution is -0.123. The number of esters is 1. The molecule has 1 heterocycles. The molecule has 0 saturated carbocycles. The number of hydrogen-bond donors (Lipinski definition) is 1. The molecular formula is C17H19F2N3O3S. The van der Waals surface area contributed by atoms with Crippen LogP contribution in [0.25, 0.3) is 0 Å². The molecule has 2 rings (SSSR count). The van der Waals surface area contributed by atoms with Crippen molar-refractivity contribution in [3.05, 3.63) is 41.2 Å². The third kappa shape index (κ3) is 4.81. The molecule has 9 heteroatoms. The van der Waals surface area contributed by atoms with Crippen LogP contribution in [0, 0.1) is 13.8 Å². The van der Waals surface area contributed by atoms with E-state index in [1.807, 2.05) is 6.92 Å². The fourth-order valence-electron chi connectivity index (χ4n) is 2.23. The molecule has 0 aliphatic carbocycles. The Morgan fingerprint density at radius 2 is 1.85 bits per heavy atom. The quantitative estimate of drug-likeness (QED) is 0.610. The number of thioether (sulfide) groups is 1. The van der Waals surface area contributed by atoms with Crippen LogP contribution in [-0.2, 0) is 16.6 Å².